The lowest BCUT2D eigenvalue weighted by atomic mass is 10.0. The highest BCUT2D eigenvalue weighted by Gasteiger charge is 2.31. The van der Waals surface area contributed by atoms with E-state index in [1.807, 2.05) is 91.0 Å². The first-order valence-corrected chi connectivity index (χ1v) is 13.1. The van der Waals surface area contributed by atoms with Gasteiger partial charge in [-0.2, -0.15) is 0 Å². The molecule has 0 radical (unpaired) electrons. The molecule has 3 aromatic carbocycles. The lowest BCUT2D eigenvalue weighted by Crippen LogP contribution is -2.57. The molecule has 0 spiro atoms. The van der Waals surface area contributed by atoms with Gasteiger partial charge in [0, 0.05) is 12.8 Å². The van der Waals surface area contributed by atoms with Crippen molar-refractivity contribution in [2.24, 2.45) is 5.92 Å². The molecule has 0 saturated heterocycles. The number of carbonyl (C=O) groups excluding carboxylic acids is 3. The Hall–Kier alpha value is -4.66. The SMILES string of the molecule is CC(C)[C@@H](NC(=O)C(Cc1ccccc1)NC(=O)[C@@H](Cc1ccccc1)NC(=O)OCc1ccccc1)C(=O)O. The third-order valence-corrected chi connectivity index (χ3v) is 6.25. The molecular formula is C31H35N3O6. The van der Waals surface area contributed by atoms with Crippen LogP contribution in [-0.4, -0.2) is 47.1 Å². The number of benzene rings is 3. The van der Waals surface area contributed by atoms with Crippen LogP contribution in [0.15, 0.2) is 91.0 Å². The maximum atomic E-state index is 13.5. The number of hydrogen-bond donors (Lipinski definition) is 4. The summed E-state index contributed by atoms with van der Waals surface area (Å²) in [6, 6.07) is 24.1. The average Bonchev–Trinajstić information content (AvgIpc) is 2.95. The molecule has 1 unspecified atom stereocenters. The van der Waals surface area contributed by atoms with Crippen LogP contribution >= 0.6 is 0 Å². The van der Waals surface area contributed by atoms with Crippen LogP contribution < -0.4 is 16.0 Å². The van der Waals surface area contributed by atoms with Crippen molar-refractivity contribution < 1.29 is 29.0 Å². The van der Waals surface area contributed by atoms with E-state index in [0.717, 1.165) is 16.7 Å². The molecule has 0 bridgehead atoms. The zero-order valence-corrected chi connectivity index (χ0v) is 22.6. The number of amides is 3. The number of carboxylic acid groups (broad SMARTS) is 1. The van der Waals surface area contributed by atoms with Crippen molar-refractivity contribution in [3.05, 3.63) is 108 Å². The summed E-state index contributed by atoms with van der Waals surface area (Å²) in [5.41, 5.74) is 2.36. The smallest absolute Gasteiger partial charge is 0.408 e. The monoisotopic (exact) mass is 545 g/mol. The summed E-state index contributed by atoms with van der Waals surface area (Å²) in [7, 11) is 0. The third-order valence-electron chi connectivity index (χ3n) is 6.25. The lowest BCUT2D eigenvalue weighted by Gasteiger charge is -2.25. The predicted octanol–water partition coefficient (Wildman–Crippen LogP) is 3.48. The van der Waals surface area contributed by atoms with Gasteiger partial charge >= 0.3 is 12.1 Å². The van der Waals surface area contributed by atoms with Crippen LogP contribution in [0, 0.1) is 5.92 Å². The number of carbonyl (C=O) groups is 4. The summed E-state index contributed by atoms with van der Waals surface area (Å²) in [4.78, 5) is 51.2. The summed E-state index contributed by atoms with van der Waals surface area (Å²) in [5.74, 6) is -2.78. The Balaban J connectivity index is 1.78. The Labute approximate surface area is 233 Å². The fraction of sp³-hybridized carbons (Fsp3) is 0.290. The van der Waals surface area contributed by atoms with E-state index in [-0.39, 0.29) is 25.4 Å². The molecule has 3 atom stereocenters. The number of aliphatic carboxylic acids is 1. The zero-order chi connectivity index (χ0) is 28.9. The number of alkyl carbamates (subject to hydrolysis) is 1. The lowest BCUT2D eigenvalue weighted by molar-refractivity contribution is -0.143. The number of carboxylic acids is 1. The minimum atomic E-state index is -1.17. The summed E-state index contributed by atoms with van der Waals surface area (Å²) < 4.78 is 5.33. The summed E-state index contributed by atoms with van der Waals surface area (Å²) in [5, 5.41) is 17.5. The standard InChI is InChI=1S/C31H35N3O6/c1-21(2)27(30(37)38)34-29(36)25(18-22-12-6-3-7-13-22)32-28(35)26(19-23-14-8-4-9-15-23)33-31(39)40-20-24-16-10-5-11-17-24/h3-17,21,25-27H,18-20H2,1-2H3,(H,32,35)(H,33,39)(H,34,36)(H,37,38)/t25?,26-,27-/m1/s1. The van der Waals surface area contributed by atoms with E-state index in [9.17, 15) is 24.3 Å². The third kappa shape index (κ3) is 9.58. The van der Waals surface area contributed by atoms with Crippen LogP contribution in [0.5, 0.6) is 0 Å². The zero-order valence-electron chi connectivity index (χ0n) is 22.6. The Bertz CT molecular complexity index is 1250. The van der Waals surface area contributed by atoms with E-state index in [4.69, 9.17) is 4.74 Å². The van der Waals surface area contributed by atoms with Crippen molar-refractivity contribution in [1.29, 1.82) is 0 Å². The summed E-state index contributed by atoms with van der Waals surface area (Å²) >= 11 is 0. The van der Waals surface area contributed by atoms with E-state index in [2.05, 4.69) is 16.0 Å². The summed E-state index contributed by atoms with van der Waals surface area (Å²) in [6.45, 7) is 3.40. The first-order valence-electron chi connectivity index (χ1n) is 13.1. The largest absolute Gasteiger partial charge is 0.480 e. The van der Waals surface area contributed by atoms with Crippen LogP contribution in [-0.2, 0) is 38.6 Å². The molecule has 3 aromatic rings. The van der Waals surface area contributed by atoms with Gasteiger partial charge in [0.1, 0.15) is 24.7 Å². The molecular weight excluding hydrogens is 510 g/mol. The Morgan fingerprint density at radius 1 is 0.650 bits per heavy atom. The predicted molar refractivity (Wildman–Crippen MR) is 150 cm³/mol. The van der Waals surface area contributed by atoms with Gasteiger partial charge in [-0.3, -0.25) is 9.59 Å². The number of nitrogens with one attached hydrogen (secondary N) is 3. The molecule has 0 aliphatic carbocycles. The highest BCUT2D eigenvalue weighted by molar-refractivity contribution is 5.93. The van der Waals surface area contributed by atoms with Crippen LogP contribution in [0.1, 0.15) is 30.5 Å². The van der Waals surface area contributed by atoms with Crippen LogP contribution in [0.3, 0.4) is 0 Å². The molecule has 40 heavy (non-hydrogen) atoms. The Kier molecular flexibility index (Phi) is 11.3. The highest BCUT2D eigenvalue weighted by Crippen LogP contribution is 2.09. The van der Waals surface area contributed by atoms with Gasteiger partial charge in [0.2, 0.25) is 11.8 Å². The number of ether oxygens (including phenoxy) is 1. The first kappa shape index (κ1) is 29.9. The Morgan fingerprint density at radius 3 is 1.52 bits per heavy atom. The molecule has 0 fully saturated rings. The molecule has 9 heteroatoms. The van der Waals surface area contributed by atoms with Crippen molar-refractivity contribution in [2.45, 2.75) is 51.4 Å². The Morgan fingerprint density at radius 2 is 1.07 bits per heavy atom. The van der Waals surface area contributed by atoms with Gasteiger partial charge in [0.15, 0.2) is 0 Å². The minimum absolute atomic E-state index is 0.0250. The van der Waals surface area contributed by atoms with E-state index in [1.54, 1.807) is 13.8 Å². The minimum Gasteiger partial charge on any atom is -0.480 e. The van der Waals surface area contributed by atoms with Crippen molar-refractivity contribution >= 4 is 23.9 Å². The molecule has 0 saturated carbocycles. The van der Waals surface area contributed by atoms with Crippen LogP contribution in [0.25, 0.3) is 0 Å². The number of hydrogen-bond acceptors (Lipinski definition) is 5. The topological polar surface area (TPSA) is 134 Å². The number of rotatable bonds is 13. The maximum Gasteiger partial charge on any atom is 0.408 e. The molecule has 0 heterocycles. The molecule has 4 N–H and O–H groups in total. The van der Waals surface area contributed by atoms with E-state index < -0.39 is 42.0 Å². The highest BCUT2D eigenvalue weighted by atomic mass is 16.5. The molecule has 0 aliphatic rings. The second-order valence-corrected chi connectivity index (χ2v) is 9.77. The molecule has 0 aromatic heterocycles. The van der Waals surface area contributed by atoms with Crippen molar-refractivity contribution in [2.75, 3.05) is 0 Å². The fourth-order valence-electron chi connectivity index (χ4n) is 4.06. The molecule has 3 amide bonds. The molecule has 210 valence electrons. The van der Waals surface area contributed by atoms with Crippen molar-refractivity contribution in [3.8, 4) is 0 Å². The molecule has 9 nitrogen and oxygen atoms in total. The van der Waals surface area contributed by atoms with Gasteiger partial charge in [-0.05, 0) is 22.6 Å². The van der Waals surface area contributed by atoms with Gasteiger partial charge < -0.3 is 25.8 Å². The van der Waals surface area contributed by atoms with E-state index in [1.165, 1.54) is 0 Å². The quantitative estimate of drug-likeness (QED) is 0.260. The normalized spacial score (nSPS) is 13.0. The van der Waals surface area contributed by atoms with E-state index in [0.29, 0.717) is 0 Å². The van der Waals surface area contributed by atoms with Crippen molar-refractivity contribution in [1.82, 2.24) is 16.0 Å². The first-order chi connectivity index (χ1) is 19.2. The second-order valence-electron chi connectivity index (χ2n) is 9.77. The van der Waals surface area contributed by atoms with Gasteiger partial charge in [0.25, 0.3) is 0 Å². The summed E-state index contributed by atoms with van der Waals surface area (Å²) in [6.07, 6.45) is -0.509. The van der Waals surface area contributed by atoms with Crippen LogP contribution in [0.4, 0.5) is 4.79 Å². The average molecular weight is 546 g/mol. The molecule has 0 aliphatic heterocycles. The van der Waals surface area contributed by atoms with Gasteiger partial charge in [-0.15, -0.1) is 0 Å². The van der Waals surface area contributed by atoms with E-state index >= 15 is 0 Å². The maximum absolute atomic E-state index is 13.5. The fourth-order valence-corrected chi connectivity index (χ4v) is 4.06. The van der Waals surface area contributed by atoms with Gasteiger partial charge in [-0.25, -0.2) is 9.59 Å². The second kappa shape index (κ2) is 15.1. The van der Waals surface area contributed by atoms with Gasteiger partial charge in [0.05, 0.1) is 0 Å². The van der Waals surface area contributed by atoms with Gasteiger partial charge in [-0.1, -0.05) is 105 Å². The van der Waals surface area contributed by atoms with Crippen molar-refractivity contribution in [3.63, 3.8) is 0 Å². The van der Waals surface area contributed by atoms with Crippen LogP contribution in [0.2, 0.25) is 0 Å². The molecule has 3 rings (SSSR count).